The Hall–Kier alpha value is -2.61. The van der Waals surface area contributed by atoms with Crippen molar-refractivity contribution >= 4 is 23.3 Å². The first kappa shape index (κ1) is 15.8. The van der Waals surface area contributed by atoms with Crippen LogP contribution in [-0.4, -0.2) is 25.8 Å². The number of ether oxygens (including phenoxy) is 1. The second-order valence-corrected chi connectivity index (χ2v) is 4.75. The number of aryl methyl sites for hydroxylation is 1. The topological polar surface area (TPSA) is 107 Å². The number of hydrogen-bond acceptors (Lipinski definition) is 5. The highest BCUT2D eigenvalue weighted by atomic mass is 35.5. The third-order valence-electron chi connectivity index (χ3n) is 2.90. The Kier molecular flexibility index (Phi) is 4.62. The number of carboxylic acids is 1. The largest absolute Gasteiger partial charge is 0.476 e. The summed E-state index contributed by atoms with van der Waals surface area (Å²) in [6.45, 7) is 1.79. The van der Waals surface area contributed by atoms with E-state index < -0.39 is 22.3 Å². The van der Waals surface area contributed by atoms with E-state index >= 15 is 0 Å². The molecule has 0 radical (unpaired) electrons. The van der Waals surface area contributed by atoms with Crippen LogP contribution in [0.25, 0.3) is 0 Å². The number of benzene rings is 1. The molecule has 22 heavy (non-hydrogen) atoms. The first-order valence-corrected chi connectivity index (χ1v) is 6.66. The molecule has 1 aromatic heterocycles. The van der Waals surface area contributed by atoms with Crippen molar-refractivity contribution in [2.24, 2.45) is 0 Å². The highest BCUT2D eigenvalue weighted by Gasteiger charge is 2.25. The highest BCUT2D eigenvalue weighted by molar-refractivity contribution is 6.31. The van der Waals surface area contributed by atoms with E-state index in [1.807, 2.05) is 6.92 Å². The Labute approximate surface area is 130 Å². The van der Waals surface area contributed by atoms with Crippen molar-refractivity contribution in [1.29, 1.82) is 0 Å². The van der Waals surface area contributed by atoms with E-state index in [1.165, 1.54) is 0 Å². The fourth-order valence-electron chi connectivity index (χ4n) is 1.82. The van der Waals surface area contributed by atoms with E-state index in [1.54, 1.807) is 18.2 Å². The fraction of sp³-hybridized carbons (Fsp3) is 0.231. The summed E-state index contributed by atoms with van der Waals surface area (Å²) in [5.74, 6) is -0.957. The predicted octanol–water partition coefficient (Wildman–Crippen LogP) is 2.74. The summed E-state index contributed by atoms with van der Waals surface area (Å²) in [5.41, 5.74) is -0.308. The standard InChI is InChI=1S/C13H12ClN3O5/c1-2-8-5-9(3-4-10(8)14)22-7-16-6-11(17(20)21)12(15-16)13(18)19/h3-6H,2,7H2,1H3,(H,18,19). The molecule has 116 valence electrons. The van der Waals surface area contributed by atoms with Gasteiger partial charge in [-0.15, -0.1) is 0 Å². The number of nitrogens with zero attached hydrogens (tertiary/aromatic N) is 3. The first-order valence-electron chi connectivity index (χ1n) is 6.28. The van der Waals surface area contributed by atoms with E-state index in [4.69, 9.17) is 21.4 Å². The Bertz CT molecular complexity index is 697. The van der Waals surface area contributed by atoms with Crippen LogP contribution in [0.15, 0.2) is 24.4 Å². The van der Waals surface area contributed by atoms with E-state index in [9.17, 15) is 14.9 Å². The molecule has 0 saturated heterocycles. The summed E-state index contributed by atoms with van der Waals surface area (Å²) in [5, 5.41) is 23.9. The monoisotopic (exact) mass is 325 g/mol. The number of carbonyl (C=O) groups is 1. The van der Waals surface area contributed by atoms with Gasteiger partial charge in [0.25, 0.3) is 0 Å². The molecule has 2 aromatic rings. The normalized spacial score (nSPS) is 10.5. The highest BCUT2D eigenvalue weighted by Crippen LogP contribution is 2.23. The third-order valence-corrected chi connectivity index (χ3v) is 3.27. The van der Waals surface area contributed by atoms with E-state index in [0.29, 0.717) is 10.8 Å². The Morgan fingerprint density at radius 1 is 1.55 bits per heavy atom. The molecule has 0 bridgehead atoms. The van der Waals surface area contributed by atoms with Gasteiger partial charge in [-0.2, -0.15) is 5.10 Å². The minimum absolute atomic E-state index is 0.154. The number of halogens is 1. The van der Waals surface area contributed by atoms with Crippen LogP contribution in [0, 0.1) is 10.1 Å². The van der Waals surface area contributed by atoms with Crippen LogP contribution in [0.2, 0.25) is 5.02 Å². The van der Waals surface area contributed by atoms with Gasteiger partial charge < -0.3 is 9.84 Å². The van der Waals surface area contributed by atoms with Crippen molar-refractivity contribution in [2.75, 3.05) is 0 Å². The number of rotatable bonds is 6. The van der Waals surface area contributed by atoms with Gasteiger partial charge >= 0.3 is 11.7 Å². The maximum atomic E-state index is 10.9. The second-order valence-electron chi connectivity index (χ2n) is 4.34. The summed E-state index contributed by atoms with van der Waals surface area (Å²) in [7, 11) is 0. The molecule has 0 atom stereocenters. The number of carboxylic acid groups (broad SMARTS) is 1. The van der Waals surface area contributed by atoms with Gasteiger partial charge in [0.15, 0.2) is 6.73 Å². The molecule has 2 rings (SSSR count). The number of hydrogen-bond donors (Lipinski definition) is 1. The van der Waals surface area contributed by atoms with Crippen LogP contribution in [0.1, 0.15) is 23.0 Å². The van der Waals surface area contributed by atoms with Crippen molar-refractivity contribution < 1.29 is 19.6 Å². The third kappa shape index (κ3) is 3.34. The van der Waals surface area contributed by atoms with Gasteiger partial charge in [-0.1, -0.05) is 18.5 Å². The average Bonchev–Trinajstić information content (AvgIpc) is 2.91. The molecule has 0 amide bonds. The second kappa shape index (κ2) is 6.44. The van der Waals surface area contributed by atoms with Gasteiger partial charge in [0.05, 0.1) is 4.92 Å². The van der Waals surface area contributed by atoms with E-state index in [-0.39, 0.29) is 6.73 Å². The SMILES string of the molecule is CCc1cc(OCn2cc([N+](=O)[O-])c(C(=O)O)n2)ccc1Cl. The van der Waals surface area contributed by atoms with Crippen molar-refractivity contribution in [3.05, 3.63) is 50.8 Å². The molecule has 0 aliphatic heterocycles. The lowest BCUT2D eigenvalue weighted by atomic mass is 10.2. The molecule has 0 spiro atoms. The van der Waals surface area contributed by atoms with Gasteiger partial charge in [0.1, 0.15) is 11.9 Å². The zero-order chi connectivity index (χ0) is 16.3. The lowest BCUT2D eigenvalue weighted by Crippen LogP contribution is -2.08. The maximum Gasteiger partial charge on any atom is 0.363 e. The van der Waals surface area contributed by atoms with E-state index in [2.05, 4.69) is 5.10 Å². The lowest BCUT2D eigenvalue weighted by Gasteiger charge is -2.08. The van der Waals surface area contributed by atoms with Crippen LogP contribution >= 0.6 is 11.6 Å². The van der Waals surface area contributed by atoms with Crippen LogP contribution in [0.3, 0.4) is 0 Å². The summed E-state index contributed by atoms with van der Waals surface area (Å²) in [4.78, 5) is 20.9. The molecule has 1 N–H and O–H groups in total. The quantitative estimate of drug-likeness (QED) is 0.646. The van der Waals surface area contributed by atoms with Gasteiger partial charge in [0.2, 0.25) is 5.69 Å². The number of aromatic carboxylic acids is 1. The zero-order valence-corrected chi connectivity index (χ0v) is 12.3. The summed E-state index contributed by atoms with van der Waals surface area (Å²) in [6.07, 6.45) is 1.74. The zero-order valence-electron chi connectivity index (χ0n) is 11.5. The molecule has 8 nitrogen and oxygen atoms in total. The van der Waals surface area contributed by atoms with Crippen molar-refractivity contribution in [3.63, 3.8) is 0 Å². The minimum atomic E-state index is -1.47. The molecule has 1 aromatic carbocycles. The van der Waals surface area contributed by atoms with Gasteiger partial charge in [-0.25, -0.2) is 9.48 Å². The van der Waals surface area contributed by atoms with Crippen LogP contribution < -0.4 is 4.74 Å². The number of nitro groups is 1. The Morgan fingerprint density at radius 3 is 2.82 bits per heavy atom. The molecule has 0 aliphatic rings. The van der Waals surface area contributed by atoms with Crippen molar-refractivity contribution in [1.82, 2.24) is 9.78 Å². The molecule has 0 aliphatic carbocycles. The van der Waals surface area contributed by atoms with Gasteiger partial charge in [0, 0.05) is 5.02 Å². The Balaban J connectivity index is 2.16. The lowest BCUT2D eigenvalue weighted by molar-refractivity contribution is -0.385. The van der Waals surface area contributed by atoms with Crippen molar-refractivity contribution in [3.8, 4) is 5.75 Å². The molecule has 1 heterocycles. The van der Waals surface area contributed by atoms with Gasteiger partial charge in [-0.05, 0) is 30.2 Å². The fourth-order valence-corrected chi connectivity index (χ4v) is 2.07. The smallest absolute Gasteiger partial charge is 0.363 e. The summed E-state index contributed by atoms with van der Waals surface area (Å²) in [6, 6.07) is 5.08. The molecular weight excluding hydrogens is 314 g/mol. The van der Waals surface area contributed by atoms with Crippen LogP contribution in [0.4, 0.5) is 5.69 Å². The summed E-state index contributed by atoms with van der Waals surface area (Å²) < 4.78 is 6.50. The Morgan fingerprint density at radius 2 is 2.27 bits per heavy atom. The van der Waals surface area contributed by atoms with Crippen molar-refractivity contribution in [2.45, 2.75) is 20.1 Å². The van der Waals surface area contributed by atoms with Crippen LogP contribution in [-0.2, 0) is 13.2 Å². The first-order chi connectivity index (χ1) is 10.4. The number of aromatic nitrogens is 2. The maximum absolute atomic E-state index is 10.9. The molecule has 0 saturated carbocycles. The van der Waals surface area contributed by atoms with Crippen LogP contribution in [0.5, 0.6) is 5.75 Å². The predicted molar refractivity (Wildman–Crippen MR) is 77.3 cm³/mol. The van der Waals surface area contributed by atoms with E-state index in [0.717, 1.165) is 22.9 Å². The molecule has 9 heteroatoms. The summed E-state index contributed by atoms with van der Waals surface area (Å²) >= 11 is 5.99. The molecule has 0 fully saturated rings. The van der Waals surface area contributed by atoms with Gasteiger partial charge in [-0.3, -0.25) is 10.1 Å². The molecule has 0 unspecified atom stereocenters. The molecular formula is C13H12ClN3O5. The average molecular weight is 326 g/mol. The minimum Gasteiger partial charge on any atom is -0.476 e.